The molecule has 2 rings (SSSR count). The first-order chi connectivity index (χ1) is 7.09. The number of ether oxygens (including phenoxy) is 1. The molecule has 1 aromatic rings. The standard InChI is InChI=1S/C11H10BrNO2/c1-6-9(13)10(15-11(6)14)7-2-4-8(12)5-3-7/h2-5,10H,13H2,1H3/t10-/m1/s1. The van der Waals surface area contributed by atoms with Gasteiger partial charge in [-0.2, -0.15) is 0 Å². The largest absolute Gasteiger partial charge is 0.448 e. The molecule has 2 N–H and O–H groups in total. The quantitative estimate of drug-likeness (QED) is 0.795. The van der Waals surface area contributed by atoms with Gasteiger partial charge in [0, 0.05) is 4.47 Å². The van der Waals surface area contributed by atoms with Crippen LogP contribution < -0.4 is 5.73 Å². The highest BCUT2D eigenvalue weighted by molar-refractivity contribution is 9.10. The summed E-state index contributed by atoms with van der Waals surface area (Å²) in [4.78, 5) is 11.3. The topological polar surface area (TPSA) is 52.3 Å². The van der Waals surface area contributed by atoms with Crippen molar-refractivity contribution in [3.63, 3.8) is 0 Å². The number of carbonyl (C=O) groups excluding carboxylic acids is 1. The maximum Gasteiger partial charge on any atom is 0.336 e. The van der Waals surface area contributed by atoms with Crippen LogP contribution in [-0.4, -0.2) is 5.97 Å². The monoisotopic (exact) mass is 267 g/mol. The van der Waals surface area contributed by atoms with Gasteiger partial charge in [-0.1, -0.05) is 28.1 Å². The Kier molecular flexibility index (Phi) is 2.52. The number of benzene rings is 1. The molecule has 1 heterocycles. The van der Waals surface area contributed by atoms with Gasteiger partial charge in [-0.15, -0.1) is 0 Å². The Labute approximate surface area is 96.0 Å². The molecule has 0 unspecified atom stereocenters. The number of hydrogen-bond donors (Lipinski definition) is 1. The Bertz CT molecular complexity index is 436. The second kappa shape index (κ2) is 3.70. The molecule has 0 radical (unpaired) electrons. The summed E-state index contributed by atoms with van der Waals surface area (Å²) in [5.41, 5.74) is 7.70. The van der Waals surface area contributed by atoms with Crippen LogP contribution in [0, 0.1) is 0 Å². The number of carbonyl (C=O) groups is 1. The molecule has 0 bridgehead atoms. The molecule has 0 saturated carbocycles. The summed E-state index contributed by atoms with van der Waals surface area (Å²) in [5.74, 6) is -0.333. The molecule has 1 aliphatic rings. The van der Waals surface area contributed by atoms with E-state index < -0.39 is 6.10 Å². The molecule has 0 aromatic heterocycles. The van der Waals surface area contributed by atoms with Gasteiger partial charge < -0.3 is 10.5 Å². The van der Waals surface area contributed by atoms with Crippen LogP contribution in [0.5, 0.6) is 0 Å². The van der Waals surface area contributed by atoms with Crippen LogP contribution in [0.3, 0.4) is 0 Å². The SMILES string of the molecule is CC1=C(N)[C@@H](c2ccc(Br)cc2)OC1=O. The van der Waals surface area contributed by atoms with Crippen LogP contribution in [0.15, 0.2) is 40.0 Å². The van der Waals surface area contributed by atoms with Gasteiger partial charge in [0.2, 0.25) is 0 Å². The van der Waals surface area contributed by atoms with Gasteiger partial charge in [0.25, 0.3) is 0 Å². The lowest BCUT2D eigenvalue weighted by Gasteiger charge is -2.11. The predicted molar refractivity (Wildman–Crippen MR) is 59.9 cm³/mol. The first-order valence-corrected chi connectivity index (χ1v) is 5.31. The van der Waals surface area contributed by atoms with E-state index in [0.29, 0.717) is 11.3 Å². The van der Waals surface area contributed by atoms with Gasteiger partial charge >= 0.3 is 5.97 Å². The Balaban J connectivity index is 2.35. The van der Waals surface area contributed by atoms with E-state index in [2.05, 4.69) is 15.9 Å². The third kappa shape index (κ3) is 1.77. The van der Waals surface area contributed by atoms with E-state index >= 15 is 0 Å². The Morgan fingerprint density at radius 1 is 1.33 bits per heavy atom. The van der Waals surface area contributed by atoms with Crippen molar-refractivity contribution in [2.24, 2.45) is 5.73 Å². The van der Waals surface area contributed by atoms with E-state index in [1.165, 1.54) is 0 Å². The molecule has 0 amide bonds. The van der Waals surface area contributed by atoms with Crippen LogP contribution in [0.1, 0.15) is 18.6 Å². The second-order valence-electron chi connectivity index (χ2n) is 3.42. The average Bonchev–Trinajstić information content (AvgIpc) is 2.47. The number of esters is 1. The molecular weight excluding hydrogens is 258 g/mol. The summed E-state index contributed by atoms with van der Waals surface area (Å²) < 4.78 is 6.14. The number of rotatable bonds is 1. The normalized spacial score (nSPS) is 20.7. The maximum atomic E-state index is 11.3. The zero-order chi connectivity index (χ0) is 11.0. The van der Waals surface area contributed by atoms with Crippen LogP contribution in [0.4, 0.5) is 0 Å². The fraction of sp³-hybridized carbons (Fsp3) is 0.182. The molecule has 78 valence electrons. The van der Waals surface area contributed by atoms with Gasteiger partial charge in [0.1, 0.15) is 0 Å². The Morgan fingerprint density at radius 3 is 2.40 bits per heavy atom. The summed E-state index contributed by atoms with van der Waals surface area (Å²) in [6.07, 6.45) is -0.425. The smallest absolute Gasteiger partial charge is 0.336 e. The average molecular weight is 268 g/mol. The first-order valence-electron chi connectivity index (χ1n) is 4.52. The molecule has 4 heteroatoms. The molecule has 1 atom stereocenters. The highest BCUT2D eigenvalue weighted by Gasteiger charge is 2.30. The lowest BCUT2D eigenvalue weighted by Crippen LogP contribution is -2.08. The Hall–Kier alpha value is -1.29. The maximum absolute atomic E-state index is 11.3. The second-order valence-corrected chi connectivity index (χ2v) is 4.33. The first kappa shape index (κ1) is 10.2. The zero-order valence-corrected chi connectivity index (χ0v) is 9.74. The van der Waals surface area contributed by atoms with E-state index in [-0.39, 0.29) is 5.97 Å². The highest BCUT2D eigenvalue weighted by atomic mass is 79.9. The summed E-state index contributed by atoms with van der Waals surface area (Å²) in [6.45, 7) is 1.68. The third-order valence-corrected chi connectivity index (χ3v) is 2.95. The predicted octanol–water partition coefficient (Wildman–Crippen LogP) is 2.28. The van der Waals surface area contributed by atoms with E-state index in [1.54, 1.807) is 6.92 Å². The highest BCUT2D eigenvalue weighted by Crippen LogP contribution is 2.32. The number of hydrogen-bond acceptors (Lipinski definition) is 3. The van der Waals surface area contributed by atoms with Crippen LogP contribution in [-0.2, 0) is 9.53 Å². The van der Waals surface area contributed by atoms with Crippen molar-refractivity contribution in [3.05, 3.63) is 45.6 Å². The number of halogens is 1. The van der Waals surface area contributed by atoms with Crippen LogP contribution >= 0.6 is 15.9 Å². The molecule has 3 nitrogen and oxygen atoms in total. The fourth-order valence-corrected chi connectivity index (χ4v) is 1.72. The Morgan fingerprint density at radius 2 is 1.93 bits per heavy atom. The molecule has 0 fully saturated rings. The zero-order valence-electron chi connectivity index (χ0n) is 8.16. The van der Waals surface area contributed by atoms with Crippen molar-refractivity contribution in [2.75, 3.05) is 0 Å². The molecular formula is C11H10BrNO2. The summed E-state index contributed by atoms with van der Waals surface area (Å²) in [7, 11) is 0. The van der Waals surface area contributed by atoms with E-state index in [4.69, 9.17) is 10.5 Å². The summed E-state index contributed by atoms with van der Waals surface area (Å²) in [6, 6.07) is 7.55. The van der Waals surface area contributed by atoms with Crippen molar-refractivity contribution in [1.29, 1.82) is 0 Å². The third-order valence-electron chi connectivity index (χ3n) is 2.42. The van der Waals surface area contributed by atoms with Gasteiger partial charge in [-0.3, -0.25) is 0 Å². The fourth-order valence-electron chi connectivity index (χ4n) is 1.46. The van der Waals surface area contributed by atoms with Crippen molar-refractivity contribution in [1.82, 2.24) is 0 Å². The van der Waals surface area contributed by atoms with E-state index in [9.17, 15) is 4.79 Å². The van der Waals surface area contributed by atoms with Crippen LogP contribution in [0.2, 0.25) is 0 Å². The van der Waals surface area contributed by atoms with Crippen molar-refractivity contribution < 1.29 is 9.53 Å². The van der Waals surface area contributed by atoms with Gasteiger partial charge in [-0.25, -0.2) is 4.79 Å². The molecule has 0 saturated heterocycles. The lowest BCUT2D eigenvalue weighted by molar-refractivity contribution is -0.140. The summed E-state index contributed by atoms with van der Waals surface area (Å²) in [5, 5.41) is 0. The number of nitrogens with two attached hydrogens (primary N) is 1. The minimum atomic E-state index is -0.425. The van der Waals surface area contributed by atoms with Gasteiger partial charge in [0.15, 0.2) is 6.10 Å². The molecule has 1 aromatic carbocycles. The van der Waals surface area contributed by atoms with E-state index in [1.807, 2.05) is 24.3 Å². The van der Waals surface area contributed by atoms with Crippen molar-refractivity contribution in [2.45, 2.75) is 13.0 Å². The molecule has 1 aliphatic heterocycles. The molecule has 0 spiro atoms. The molecule has 15 heavy (non-hydrogen) atoms. The minimum absolute atomic E-state index is 0.333. The molecule has 0 aliphatic carbocycles. The van der Waals surface area contributed by atoms with E-state index in [0.717, 1.165) is 10.0 Å². The van der Waals surface area contributed by atoms with Crippen LogP contribution in [0.25, 0.3) is 0 Å². The van der Waals surface area contributed by atoms with Crippen molar-refractivity contribution >= 4 is 21.9 Å². The van der Waals surface area contributed by atoms with Gasteiger partial charge in [0.05, 0.1) is 11.3 Å². The summed E-state index contributed by atoms with van der Waals surface area (Å²) >= 11 is 3.34. The number of cyclic esters (lactones) is 1. The van der Waals surface area contributed by atoms with Gasteiger partial charge in [-0.05, 0) is 24.6 Å². The minimum Gasteiger partial charge on any atom is -0.448 e. The van der Waals surface area contributed by atoms with Crippen molar-refractivity contribution in [3.8, 4) is 0 Å². The lowest BCUT2D eigenvalue weighted by atomic mass is 10.1.